The number of hydrogen-bond acceptors (Lipinski definition) is 0. The van der Waals surface area contributed by atoms with Gasteiger partial charge in [-0.15, -0.1) is 24.0 Å². The SMILES string of the molecule is CC.CC1(C)c2cc(-c3ccccc3)ccc2-c2ccc3ccccc3c21.CCC.Cc1ccc(C2(c3ccc(C)cc3)c3ccccc3-c3c(-c4ccccc4)cccc32)cc1.I. The second-order valence-corrected chi connectivity index (χ2v) is 17.3. The molecule has 1 heteroatoms. The van der Waals surface area contributed by atoms with Gasteiger partial charge < -0.3 is 0 Å². The van der Waals surface area contributed by atoms with Crippen LogP contribution >= 0.6 is 24.0 Å². The van der Waals surface area contributed by atoms with Crippen LogP contribution in [0.15, 0.2) is 206 Å². The minimum atomic E-state index is -0.349. The van der Waals surface area contributed by atoms with Crippen molar-refractivity contribution in [1.82, 2.24) is 0 Å². The molecule has 0 bridgehead atoms. The Hall–Kier alpha value is -6.03. The smallest absolute Gasteiger partial charge is 0.0713 e. The van der Waals surface area contributed by atoms with E-state index in [9.17, 15) is 0 Å². The quantitative estimate of drug-likeness (QED) is 0.154. The molecule has 0 amide bonds. The molecule has 0 spiro atoms. The van der Waals surface area contributed by atoms with Crippen molar-refractivity contribution in [3.05, 3.63) is 251 Å². The molecule has 0 aromatic heterocycles. The van der Waals surface area contributed by atoms with Gasteiger partial charge in [0, 0.05) is 5.41 Å². The standard InChI is InChI=1S/C33H26.C25H20.C3H8.C2H6.HI/c1-23-15-19-26(20-16-23)33(27-21-17-24(2)18-22-27)30-13-7-6-11-29(30)32-28(12-8-14-31(32)33)25-9-4-3-5-10-25;1-25(2)23-16-19(17-8-4-3-5-9-17)13-14-21(23)22-15-12-18-10-6-7-11-20(18)24(22)25;1-3-2;1-2;/h3-22H,1-2H3;3-16H,1-2H3;3H2,1-2H3;1-2H3;1H. The highest BCUT2D eigenvalue weighted by Crippen LogP contribution is 2.58. The van der Waals surface area contributed by atoms with Gasteiger partial charge in [0.15, 0.2) is 0 Å². The molecule has 0 nitrogen and oxygen atoms in total. The summed E-state index contributed by atoms with van der Waals surface area (Å²) in [5.41, 5.74) is 21.0. The highest BCUT2D eigenvalue weighted by atomic mass is 127. The van der Waals surface area contributed by atoms with Crippen LogP contribution in [0.4, 0.5) is 0 Å². The molecule has 2 aliphatic rings. The summed E-state index contributed by atoms with van der Waals surface area (Å²) in [5, 5.41) is 2.70. The number of halogens is 1. The first kappa shape index (κ1) is 46.0. The maximum Gasteiger partial charge on any atom is 0.0713 e. The van der Waals surface area contributed by atoms with Crippen molar-refractivity contribution < 1.29 is 0 Å². The van der Waals surface area contributed by atoms with Gasteiger partial charge in [-0.05, 0) is 109 Å². The van der Waals surface area contributed by atoms with Crippen molar-refractivity contribution in [2.45, 2.75) is 72.6 Å². The Kier molecular flexibility index (Phi) is 14.2. The minimum absolute atomic E-state index is 0. The molecule has 2 aliphatic carbocycles. The van der Waals surface area contributed by atoms with Crippen molar-refractivity contribution in [2.75, 3.05) is 0 Å². The molecule has 320 valence electrons. The molecular formula is C63H61I. The fraction of sp³-hybridized carbons (Fsp3) is 0.175. The van der Waals surface area contributed by atoms with E-state index in [-0.39, 0.29) is 34.8 Å². The molecule has 0 radical (unpaired) electrons. The first-order valence-corrected chi connectivity index (χ1v) is 22.9. The molecule has 0 aliphatic heterocycles. The van der Waals surface area contributed by atoms with Crippen molar-refractivity contribution >= 4 is 34.7 Å². The topological polar surface area (TPSA) is 0 Å². The van der Waals surface area contributed by atoms with E-state index in [1.54, 1.807) is 0 Å². The zero-order valence-corrected chi connectivity index (χ0v) is 41.1. The normalized spacial score (nSPS) is 12.9. The maximum atomic E-state index is 2.39. The second-order valence-electron chi connectivity index (χ2n) is 17.3. The van der Waals surface area contributed by atoms with Crippen molar-refractivity contribution in [3.8, 4) is 44.5 Å². The molecule has 0 saturated heterocycles. The average Bonchev–Trinajstić information content (AvgIpc) is 3.77. The van der Waals surface area contributed by atoms with Gasteiger partial charge in [0.25, 0.3) is 0 Å². The minimum Gasteiger partial charge on any atom is -0.107 e. The third kappa shape index (κ3) is 8.16. The van der Waals surface area contributed by atoms with Crippen LogP contribution in [-0.4, -0.2) is 0 Å². The summed E-state index contributed by atoms with van der Waals surface area (Å²) >= 11 is 0. The third-order valence-corrected chi connectivity index (χ3v) is 12.8. The molecule has 9 aromatic rings. The summed E-state index contributed by atoms with van der Waals surface area (Å²) in [5.74, 6) is 0. The van der Waals surface area contributed by atoms with E-state index in [4.69, 9.17) is 0 Å². The molecule has 0 saturated carbocycles. The summed E-state index contributed by atoms with van der Waals surface area (Å²) in [7, 11) is 0. The van der Waals surface area contributed by atoms with Gasteiger partial charge in [-0.1, -0.05) is 259 Å². The Morgan fingerprint density at radius 1 is 0.391 bits per heavy atom. The lowest BCUT2D eigenvalue weighted by Gasteiger charge is -2.34. The highest BCUT2D eigenvalue weighted by molar-refractivity contribution is 14.0. The Balaban J connectivity index is 0.000000177. The summed E-state index contributed by atoms with van der Waals surface area (Å²) < 4.78 is 0. The van der Waals surface area contributed by atoms with E-state index in [0.717, 1.165) is 0 Å². The summed E-state index contributed by atoms with van der Waals surface area (Å²) in [6.07, 6.45) is 1.25. The Labute approximate surface area is 400 Å². The van der Waals surface area contributed by atoms with Crippen molar-refractivity contribution in [1.29, 1.82) is 0 Å². The van der Waals surface area contributed by atoms with Crippen LogP contribution in [-0.2, 0) is 10.8 Å². The number of hydrogen-bond donors (Lipinski definition) is 0. The van der Waals surface area contributed by atoms with Crippen LogP contribution in [0.25, 0.3) is 55.3 Å². The molecule has 0 N–H and O–H groups in total. The molecule has 0 unspecified atom stereocenters. The van der Waals surface area contributed by atoms with E-state index in [2.05, 4.69) is 248 Å². The van der Waals surface area contributed by atoms with Gasteiger partial charge in [-0.3, -0.25) is 0 Å². The summed E-state index contributed by atoms with van der Waals surface area (Å²) in [4.78, 5) is 0. The molecular weight excluding hydrogens is 884 g/mol. The fourth-order valence-electron chi connectivity index (χ4n) is 9.99. The molecule has 0 atom stereocenters. The lowest BCUT2D eigenvalue weighted by Crippen LogP contribution is -2.28. The van der Waals surface area contributed by atoms with Gasteiger partial charge in [-0.25, -0.2) is 0 Å². The zero-order chi connectivity index (χ0) is 44.1. The molecule has 9 aromatic carbocycles. The third-order valence-electron chi connectivity index (χ3n) is 12.8. The number of aryl methyl sites for hydroxylation is 2. The fourth-order valence-corrected chi connectivity index (χ4v) is 9.99. The highest BCUT2D eigenvalue weighted by Gasteiger charge is 2.46. The predicted octanol–water partition coefficient (Wildman–Crippen LogP) is 18.2. The van der Waals surface area contributed by atoms with Gasteiger partial charge in [0.2, 0.25) is 0 Å². The van der Waals surface area contributed by atoms with E-state index in [1.807, 2.05) is 13.8 Å². The van der Waals surface area contributed by atoms with E-state index >= 15 is 0 Å². The van der Waals surface area contributed by atoms with Crippen molar-refractivity contribution in [3.63, 3.8) is 0 Å². The first-order chi connectivity index (χ1) is 30.8. The predicted molar refractivity (Wildman–Crippen MR) is 288 cm³/mol. The van der Waals surface area contributed by atoms with Crippen molar-refractivity contribution in [2.24, 2.45) is 0 Å². The maximum absolute atomic E-state index is 2.39. The zero-order valence-electron chi connectivity index (χ0n) is 38.7. The van der Waals surface area contributed by atoms with E-state index < -0.39 is 0 Å². The van der Waals surface area contributed by atoms with Crippen LogP contribution in [0.2, 0.25) is 0 Å². The monoisotopic (exact) mass is 944 g/mol. The summed E-state index contributed by atoms with van der Waals surface area (Å²) in [6, 6.07) is 75.7. The Morgan fingerprint density at radius 3 is 1.52 bits per heavy atom. The molecule has 11 rings (SSSR count). The van der Waals surface area contributed by atoms with Crippen LogP contribution in [0.1, 0.15) is 92.5 Å². The number of rotatable bonds is 4. The Bertz CT molecular complexity index is 2930. The molecule has 64 heavy (non-hydrogen) atoms. The van der Waals surface area contributed by atoms with Gasteiger partial charge in [-0.2, -0.15) is 0 Å². The lowest BCUT2D eigenvalue weighted by atomic mass is 9.67. The first-order valence-electron chi connectivity index (χ1n) is 22.9. The van der Waals surface area contributed by atoms with Crippen LogP contribution in [0.5, 0.6) is 0 Å². The lowest BCUT2D eigenvalue weighted by molar-refractivity contribution is 0.666. The largest absolute Gasteiger partial charge is 0.107 e. The second kappa shape index (κ2) is 19.8. The number of benzene rings is 9. The summed E-state index contributed by atoms with van der Waals surface area (Å²) in [6.45, 7) is 17.3. The van der Waals surface area contributed by atoms with Crippen LogP contribution in [0.3, 0.4) is 0 Å². The van der Waals surface area contributed by atoms with Crippen LogP contribution < -0.4 is 0 Å². The van der Waals surface area contributed by atoms with E-state index in [1.165, 1.54) is 106 Å². The van der Waals surface area contributed by atoms with Gasteiger partial charge in [0.1, 0.15) is 0 Å². The van der Waals surface area contributed by atoms with Gasteiger partial charge in [0.05, 0.1) is 5.41 Å². The molecule has 0 fully saturated rings. The van der Waals surface area contributed by atoms with Gasteiger partial charge >= 0.3 is 0 Å². The number of fused-ring (bicyclic) bond motifs is 8. The van der Waals surface area contributed by atoms with E-state index in [0.29, 0.717) is 0 Å². The molecule has 0 heterocycles. The Morgan fingerprint density at radius 2 is 0.891 bits per heavy atom. The average molecular weight is 945 g/mol. The van der Waals surface area contributed by atoms with Crippen LogP contribution in [0, 0.1) is 13.8 Å².